The summed E-state index contributed by atoms with van der Waals surface area (Å²) in [7, 11) is 0. The van der Waals surface area contributed by atoms with Crippen LogP contribution in [0.3, 0.4) is 0 Å². The van der Waals surface area contributed by atoms with Crippen LogP contribution in [0, 0.1) is 5.92 Å². The number of carbonyl (C=O) groups is 1. The fourth-order valence-corrected chi connectivity index (χ4v) is 3.33. The van der Waals surface area contributed by atoms with Crippen molar-refractivity contribution in [2.24, 2.45) is 5.92 Å². The number of rotatable bonds is 4. The van der Waals surface area contributed by atoms with E-state index >= 15 is 0 Å². The second kappa shape index (κ2) is 7.72. The predicted octanol–water partition coefficient (Wildman–Crippen LogP) is 3.12. The van der Waals surface area contributed by atoms with E-state index in [2.05, 4.69) is 10.3 Å². The lowest BCUT2D eigenvalue weighted by molar-refractivity contribution is -0.179. The minimum absolute atomic E-state index is 0.0567. The molecule has 2 N–H and O–H groups in total. The number of benzene rings is 1. The van der Waals surface area contributed by atoms with E-state index in [1.807, 2.05) is 4.90 Å². The summed E-state index contributed by atoms with van der Waals surface area (Å²) >= 11 is 0. The summed E-state index contributed by atoms with van der Waals surface area (Å²) in [6, 6.07) is 6.58. The zero-order valence-electron chi connectivity index (χ0n) is 15.0. The molecule has 1 aliphatic rings. The second-order valence-electron chi connectivity index (χ2n) is 6.93. The largest absolute Gasteiger partial charge is 0.394 e. The molecule has 8 heteroatoms. The molecular weight excluding hydrogens is 359 g/mol. The van der Waals surface area contributed by atoms with Crippen LogP contribution in [-0.2, 0) is 0 Å². The van der Waals surface area contributed by atoms with Gasteiger partial charge in [-0.15, -0.1) is 0 Å². The number of fused-ring (bicyclic) bond motifs is 1. The van der Waals surface area contributed by atoms with Crippen LogP contribution in [0.1, 0.15) is 30.1 Å². The number of pyridine rings is 1. The number of amides is 1. The normalized spacial score (nSPS) is 17.1. The Kier molecular flexibility index (Phi) is 5.55. The van der Waals surface area contributed by atoms with Crippen LogP contribution in [-0.4, -0.2) is 47.9 Å². The highest BCUT2D eigenvalue weighted by molar-refractivity contribution is 6.01. The molecular formula is C19H22F3N3O2. The van der Waals surface area contributed by atoms with E-state index in [0.717, 1.165) is 10.8 Å². The first-order chi connectivity index (χ1) is 12.8. The Hall–Kier alpha value is -2.35. The van der Waals surface area contributed by atoms with Crippen molar-refractivity contribution in [1.82, 2.24) is 10.3 Å². The van der Waals surface area contributed by atoms with Crippen molar-refractivity contribution in [1.29, 1.82) is 0 Å². The van der Waals surface area contributed by atoms with E-state index in [1.165, 1.54) is 0 Å². The van der Waals surface area contributed by atoms with Crippen molar-refractivity contribution in [2.75, 3.05) is 24.6 Å². The number of hydrogen-bond acceptors (Lipinski definition) is 4. The van der Waals surface area contributed by atoms with Crippen LogP contribution in [0.2, 0.25) is 0 Å². The quantitative estimate of drug-likeness (QED) is 0.854. The van der Waals surface area contributed by atoms with E-state index < -0.39 is 12.1 Å². The Balaban J connectivity index is 1.81. The molecule has 146 valence electrons. The monoisotopic (exact) mass is 381 g/mol. The molecule has 1 saturated heterocycles. The number of aromatic nitrogens is 1. The standard InChI is InChI=1S/C19H22F3N3O2/c1-12(11-26)24-18(27)14-2-3-16-13(10-14)4-7-23-17(16)25-8-5-15(6-9-25)19(20,21)22/h2-4,7,10,12,15,26H,5-6,8-9,11H2,1H3,(H,24,27)/t12-/m1/s1. The van der Waals surface area contributed by atoms with Crippen molar-refractivity contribution in [3.63, 3.8) is 0 Å². The zero-order chi connectivity index (χ0) is 19.6. The topological polar surface area (TPSA) is 65.5 Å². The van der Waals surface area contributed by atoms with Gasteiger partial charge in [-0.25, -0.2) is 4.98 Å². The smallest absolute Gasteiger partial charge is 0.391 e. The molecule has 1 fully saturated rings. The molecule has 1 aliphatic heterocycles. The second-order valence-corrected chi connectivity index (χ2v) is 6.93. The van der Waals surface area contributed by atoms with Crippen molar-refractivity contribution in [3.05, 3.63) is 36.0 Å². The van der Waals surface area contributed by atoms with Gasteiger partial charge in [-0.1, -0.05) is 0 Å². The van der Waals surface area contributed by atoms with Gasteiger partial charge in [0.05, 0.1) is 12.5 Å². The number of halogens is 3. The minimum atomic E-state index is -4.15. The first kappa shape index (κ1) is 19.4. The van der Waals surface area contributed by atoms with Crippen molar-refractivity contribution in [3.8, 4) is 0 Å². The molecule has 5 nitrogen and oxygen atoms in total. The maximum atomic E-state index is 12.9. The third-order valence-corrected chi connectivity index (χ3v) is 4.91. The van der Waals surface area contributed by atoms with Crippen LogP contribution in [0.4, 0.5) is 19.0 Å². The third-order valence-electron chi connectivity index (χ3n) is 4.91. The summed E-state index contributed by atoms with van der Waals surface area (Å²) in [5.74, 6) is -0.904. The molecule has 0 bridgehead atoms. The summed E-state index contributed by atoms with van der Waals surface area (Å²) in [6.45, 7) is 2.14. The van der Waals surface area contributed by atoms with E-state index in [4.69, 9.17) is 5.11 Å². The number of piperidine rings is 1. The van der Waals surface area contributed by atoms with Crippen molar-refractivity contribution < 1.29 is 23.1 Å². The number of nitrogens with one attached hydrogen (secondary N) is 1. The summed E-state index contributed by atoms with van der Waals surface area (Å²) in [5.41, 5.74) is 0.454. The average Bonchev–Trinajstić information content (AvgIpc) is 2.66. The Labute approximate surface area is 155 Å². The lowest BCUT2D eigenvalue weighted by atomic mass is 9.96. The van der Waals surface area contributed by atoms with Gasteiger partial charge in [0.15, 0.2) is 0 Å². The zero-order valence-corrected chi connectivity index (χ0v) is 15.0. The highest BCUT2D eigenvalue weighted by Crippen LogP contribution is 2.36. The van der Waals surface area contributed by atoms with Gasteiger partial charge in [0, 0.05) is 36.3 Å². The number of carbonyl (C=O) groups excluding carboxylic acids is 1. The number of hydrogen-bond donors (Lipinski definition) is 2. The van der Waals surface area contributed by atoms with E-state index in [1.54, 1.807) is 37.4 Å². The highest BCUT2D eigenvalue weighted by atomic mass is 19.4. The van der Waals surface area contributed by atoms with Gasteiger partial charge in [-0.3, -0.25) is 4.79 Å². The van der Waals surface area contributed by atoms with Gasteiger partial charge >= 0.3 is 6.18 Å². The maximum Gasteiger partial charge on any atom is 0.391 e. The number of nitrogens with zero attached hydrogens (tertiary/aromatic N) is 2. The van der Waals surface area contributed by atoms with Crippen LogP contribution in [0.15, 0.2) is 30.5 Å². The molecule has 2 heterocycles. The first-order valence-corrected chi connectivity index (χ1v) is 8.91. The van der Waals surface area contributed by atoms with Crippen LogP contribution >= 0.6 is 0 Å². The van der Waals surface area contributed by atoms with Gasteiger partial charge in [0.1, 0.15) is 5.82 Å². The third kappa shape index (κ3) is 4.32. The molecule has 3 rings (SSSR count). The van der Waals surface area contributed by atoms with Gasteiger partial charge in [0.2, 0.25) is 0 Å². The highest BCUT2D eigenvalue weighted by Gasteiger charge is 2.41. The van der Waals surface area contributed by atoms with Crippen LogP contribution in [0.25, 0.3) is 10.8 Å². The van der Waals surface area contributed by atoms with Gasteiger partial charge in [0.25, 0.3) is 5.91 Å². The summed E-state index contributed by atoms with van der Waals surface area (Å²) in [6.07, 6.45) is -2.43. The number of anilines is 1. The molecule has 0 radical (unpaired) electrons. The molecule has 27 heavy (non-hydrogen) atoms. The molecule has 1 aromatic carbocycles. The fraction of sp³-hybridized carbons (Fsp3) is 0.474. The molecule has 1 atom stereocenters. The van der Waals surface area contributed by atoms with Crippen molar-refractivity contribution >= 4 is 22.5 Å². The van der Waals surface area contributed by atoms with E-state index in [9.17, 15) is 18.0 Å². The van der Waals surface area contributed by atoms with Crippen LogP contribution in [0.5, 0.6) is 0 Å². The van der Waals surface area contributed by atoms with Crippen molar-refractivity contribution in [2.45, 2.75) is 32.0 Å². The first-order valence-electron chi connectivity index (χ1n) is 8.91. The molecule has 0 aliphatic carbocycles. The molecule has 0 saturated carbocycles. The SMILES string of the molecule is C[C@H](CO)NC(=O)c1ccc2c(N3CCC(C(F)(F)F)CC3)nccc2c1. The fourth-order valence-electron chi connectivity index (χ4n) is 3.33. The van der Waals surface area contributed by atoms with Gasteiger partial charge in [-0.2, -0.15) is 13.2 Å². The number of aliphatic hydroxyl groups is 1. The Bertz CT molecular complexity index is 817. The lowest BCUT2D eigenvalue weighted by Gasteiger charge is -2.34. The predicted molar refractivity (Wildman–Crippen MR) is 96.7 cm³/mol. The number of alkyl halides is 3. The average molecular weight is 381 g/mol. The van der Waals surface area contributed by atoms with Gasteiger partial charge in [-0.05, 0) is 49.4 Å². The van der Waals surface area contributed by atoms with E-state index in [0.29, 0.717) is 24.5 Å². The lowest BCUT2D eigenvalue weighted by Crippen LogP contribution is -2.39. The molecule has 0 spiro atoms. The molecule has 1 amide bonds. The summed E-state index contributed by atoms with van der Waals surface area (Å²) in [4.78, 5) is 18.5. The summed E-state index contributed by atoms with van der Waals surface area (Å²) in [5, 5.41) is 13.3. The van der Waals surface area contributed by atoms with Gasteiger partial charge < -0.3 is 15.3 Å². The van der Waals surface area contributed by atoms with E-state index in [-0.39, 0.29) is 31.4 Å². The Morgan fingerprint density at radius 1 is 1.33 bits per heavy atom. The molecule has 0 unspecified atom stereocenters. The minimum Gasteiger partial charge on any atom is -0.394 e. The van der Waals surface area contributed by atoms with Crippen LogP contribution < -0.4 is 10.2 Å². The Morgan fingerprint density at radius 3 is 2.67 bits per heavy atom. The molecule has 1 aromatic heterocycles. The molecule has 2 aromatic rings. The Morgan fingerprint density at radius 2 is 2.04 bits per heavy atom. The number of aliphatic hydroxyl groups excluding tert-OH is 1. The summed E-state index contributed by atoms with van der Waals surface area (Å²) < 4.78 is 38.6. The maximum absolute atomic E-state index is 12.9.